The van der Waals surface area contributed by atoms with Crippen LogP contribution in [0.3, 0.4) is 0 Å². The van der Waals surface area contributed by atoms with Gasteiger partial charge in [-0.3, -0.25) is 0 Å². The molecule has 7 heteroatoms. The summed E-state index contributed by atoms with van der Waals surface area (Å²) in [6.07, 6.45) is 0. The van der Waals surface area contributed by atoms with Gasteiger partial charge in [0.25, 0.3) is 0 Å². The van der Waals surface area contributed by atoms with E-state index in [4.69, 9.17) is 14.3 Å². The molecule has 0 fully saturated rings. The van der Waals surface area contributed by atoms with E-state index in [1.54, 1.807) is 0 Å². The SMILES string of the molecule is O=C(O)COCc1nnc(-c2cccc(Br)c2)o1. The van der Waals surface area contributed by atoms with Gasteiger partial charge in [-0.15, -0.1) is 10.2 Å². The average Bonchev–Trinajstić information content (AvgIpc) is 2.77. The average molecular weight is 313 g/mol. The van der Waals surface area contributed by atoms with Crippen LogP contribution in [0, 0.1) is 0 Å². The summed E-state index contributed by atoms with van der Waals surface area (Å²) in [7, 11) is 0. The summed E-state index contributed by atoms with van der Waals surface area (Å²) in [6.45, 7) is -0.415. The summed E-state index contributed by atoms with van der Waals surface area (Å²) >= 11 is 3.34. The van der Waals surface area contributed by atoms with Crippen molar-refractivity contribution < 1.29 is 19.1 Å². The van der Waals surface area contributed by atoms with E-state index in [1.165, 1.54) is 0 Å². The first-order valence-corrected chi connectivity index (χ1v) is 5.82. The molecule has 0 aliphatic heterocycles. The van der Waals surface area contributed by atoms with Crippen LogP contribution in [-0.4, -0.2) is 27.9 Å². The summed E-state index contributed by atoms with van der Waals surface area (Å²) < 4.78 is 11.1. The van der Waals surface area contributed by atoms with E-state index >= 15 is 0 Å². The smallest absolute Gasteiger partial charge is 0.329 e. The second kappa shape index (κ2) is 5.74. The van der Waals surface area contributed by atoms with Gasteiger partial charge < -0.3 is 14.3 Å². The van der Waals surface area contributed by atoms with Crippen LogP contribution in [0.2, 0.25) is 0 Å². The van der Waals surface area contributed by atoms with Gasteiger partial charge in [0, 0.05) is 10.0 Å². The van der Waals surface area contributed by atoms with Crippen molar-refractivity contribution >= 4 is 21.9 Å². The third-order valence-corrected chi connectivity index (χ3v) is 2.48. The molecule has 0 atom stereocenters. The molecule has 6 nitrogen and oxygen atoms in total. The molecule has 0 saturated heterocycles. The van der Waals surface area contributed by atoms with Crippen molar-refractivity contribution in [2.75, 3.05) is 6.61 Å². The van der Waals surface area contributed by atoms with Crippen LogP contribution in [0.15, 0.2) is 33.2 Å². The number of aliphatic carboxylic acids is 1. The number of aromatic nitrogens is 2. The minimum absolute atomic E-state index is 0.0205. The molecule has 0 radical (unpaired) electrons. The number of halogens is 1. The molecule has 1 aromatic carbocycles. The Hall–Kier alpha value is -1.73. The zero-order valence-electron chi connectivity index (χ0n) is 9.17. The summed E-state index contributed by atoms with van der Waals surface area (Å²) in [4.78, 5) is 10.3. The molecule has 0 saturated carbocycles. The van der Waals surface area contributed by atoms with Crippen LogP contribution >= 0.6 is 15.9 Å². The molecule has 1 aromatic heterocycles. The maximum atomic E-state index is 10.3. The van der Waals surface area contributed by atoms with Crippen LogP contribution in [0.1, 0.15) is 5.89 Å². The van der Waals surface area contributed by atoms with Crippen molar-refractivity contribution in [2.24, 2.45) is 0 Å². The maximum absolute atomic E-state index is 10.3. The molecule has 94 valence electrons. The molecular formula is C11H9BrN2O4. The van der Waals surface area contributed by atoms with Gasteiger partial charge in [0.05, 0.1) is 0 Å². The Labute approximate surface area is 111 Å². The van der Waals surface area contributed by atoms with Crippen molar-refractivity contribution in [2.45, 2.75) is 6.61 Å². The number of ether oxygens (including phenoxy) is 1. The molecule has 0 spiro atoms. The predicted molar refractivity (Wildman–Crippen MR) is 64.7 cm³/mol. The number of carbonyl (C=O) groups is 1. The minimum atomic E-state index is -1.04. The number of carboxylic acids is 1. The Bertz CT molecular complexity index is 555. The summed E-state index contributed by atoms with van der Waals surface area (Å²) in [6, 6.07) is 7.41. The quantitative estimate of drug-likeness (QED) is 0.910. The van der Waals surface area contributed by atoms with Crippen LogP contribution in [0.4, 0.5) is 0 Å². The van der Waals surface area contributed by atoms with E-state index in [-0.39, 0.29) is 12.5 Å². The number of benzene rings is 1. The van der Waals surface area contributed by atoms with Gasteiger partial charge in [0.1, 0.15) is 13.2 Å². The van der Waals surface area contributed by atoms with E-state index in [9.17, 15) is 4.79 Å². The highest BCUT2D eigenvalue weighted by molar-refractivity contribution is 9.10. The molecule has 2 aromatic rings. The van der Waals surface area contributed by atoms with Gasteiger partial charge in [-0.2, -0.15) is 0 Å². The first-order chi connectivity index (χ1) is 8.65. The first kappa shape index (κ1) is 12.7. The number of rotatable bonds is 5. The largest absolute Gasteiger partial charge is 0.480 e. The van der Waals surface area contributed by atoms with E-state index in [0.717, 1.165) is 10.0 Å². The topological polar surface area (TPSA) is 85.5 Å². The van der Waals surface area contributed by atoms with Crippen molar-refractivity contribution in [3.8, 4) is 11.5 Å². The van der Waals surface area contributed by atoms with Gasteiger partial charge in [-0.1, -0.05) is 22.0 Å². The summed E-state index contributed by atoms with van der Waals surface area (Å²) in [5, 5.41) is 16.0. The predicted octanol–water partition coefficient (Wildman–Crippen LogP) is 2.10. The number of hydrogen-bond acceptors (Lipinski definition) is 5. The fourth-order valence-corrected chi connectivity index (χ4v) is 1.67. The van der Waals surface area contributed by atoms with Gasteiger partial charge >= 0.3 is 5.97 Å². The Morgan fingerprint density at radius 3 is 3.00 bits per heavy atom. The third-order valence-electron chi connectivity index (χ3n) is 1.99. The van der Waals surface area contributed by atoms with Gasteiger partial charge in [-0.25, -0.2) is 4.79 Å². The number of nitrogens with zero attached hydrogens (tertiary/aromatic N) is 2. The maximum Gasteiger partial charge on any atom is 0.329 e. The molecule has 18 heavy (non-hydrogen) atoms. The normalized spacial score (nSPS) is 10.5. The molecular weight excluding hydrogens is 304 g/mol. The second-order valence-electron chi connectivity index (χ2n) is 3.40. The van der Waals surface area contributed by atoms with Crippen molar-refractivity contribution in [1.82, 2.24) is 10.2 Å². The molecule has 0 amide bonds. The van der Waals surface area contributed by atoms with Crippen LogP contribution in [0.25, 0.3) is 11.5 Å². The van der Waals surface area contributed by atoms with Gasteiger partial charge in [-0.05, 0) is 18.2 Å². The van der Waals surface area contributed by atoms with E-state index in [1.807, 2.05) is 24.3 Å². The van der Waals surface area contributed by atoms with E-state index < -0.39 is 12.6 Å². The van der Waals surface area contributed by atoms with Crippen LogP contribution < -0.4 is 0 Å². The monoisotopic (exact) mass is 312 g/mol. The van der Waals surface area contributed by atoms with Crippen LogP contribution in [0.5, 0.6) is 0 Å². The standard InChI is InChI=1S/C11H9BrN2O4/c12-8-3-1-2-7(4-8)11-14-13-9(18-11)5-17-6-10(15)16/h1-4H,5-6H2,(H,15,16). The lowest BCUT2D eigenvalue weighted by molar-refractivity contribution is -0.142. The summed E-state index contributed by atoms with van der Waals surface area (Å²) in [5.74, 6) is -0.432. The zero-order chi connectivity index (χ0) is 13.0. The van der Waals surface area contributed by atoms with Crippen LogP contribution in [-0.2, 0) is 16.1 Å². The highest BCUT2D eigenvalue weighted by Crippen LogP contribution is 2.21. The lowest BCUT2D eigenvalue weighted by Crippen LogP contribution is -2.06. The third kappa shape index (κ3) is 3.38. The highest BCUT2D eigenvalue weighted by atomic mass is 79.9. The Balaban J connectivity index is 2.04. The molecule has 0 aliphatic carbocycles. The lowest BCUT2D eigenvalue weighted by Gasteiger charge is -1.96. The molecule has 2 rings (SSSR count). The van der Waals surface area contributed by atoms with E-state index in [0.29, 0.717) is 5.89 Å². The first-order valence-electron chi connectivity index (χ1n) is 5.03. The van der Waals surface area contributed by atoms with E-state index in [2.05, 4.69) is 26.1 Å². The van der Waals surface area contributed by atoms with Gasteiger partial charge in [0.2, 0.25) is 11.8 Å². The fourth-order valence-electron chi connectivity index (χ4n) is 1.28. The zero-order valence-corrected chi connectivity index (χ0v) is 10.8. The molecule has 1 heterocycles. The second-order valence-corrected chi connectivity index (χ2v) is 4.31. The lowest BCUT2D eigenvalue weighted by atomic mass is 10.2. The molecule has 1 N–H and O–H groups in total. The Morgan fingerprint density at radius 2 is 2.28 bits per heavy atom. The molecule has 0 unspecified atom stereocenters. The van der Waals surface area contributed by atoms with Gasteiger partial charge in [0.15, 0.2) is 0 Å². The fraction of sp³-hybridized carbons (Fsp3) is 0.182. The summed E-state index contributed by atoms with van der Waals surface area (Å²) in [5.41, 5.74) is 0.779. The molecule has 0 aliphatic rings. The highest BCUT2D eigenvalue weighted by Gasteiger charge is 2.09. The van der Waals surface area contributed by atoms with Crippen molar-refractivity contribution in [1.29, 1.82) is 0 Å². The Morgan fingerprint density at radius 1 is 1.44 bits per heavy atom. The number of carboxylic acid groups (broad SMARTS) is 1. The van der Waals surface area contributed by atoms with Crippen molar-refractivity contribution in [3.05, 3.63) is 34.6 Å². The molecule has 0 bridgehead atoms. The number of hydrogen-bond donors (Lipinski definition) is 1. The van der Waals surface area contributed by atoms with Crippen molar-refractivity contribution in [3.63, 3.8) is 0 Å². The minimum Gasteiger partial charge on any atom is -0.480 e. The Kier molecular flexibility index (Phi) is 4.06.